The molecule has 0 aromatic heterocycles. The Hall–Kier alpha value is 0.270. The summed E-state index contributed by atoms with van der Waals surface area (Å²) in [6, 6.07) is 0.886. The van der Waals surface area contributed by atoms with Crippen LogP contribution in [0.3, 0.4) is 0 Å². The van der Waals surface area contributed by atoms with Crippen molar-refractivity contribution in [3.8, 4) is 0 Å². The van der Waals surface area contributed by atoms with Crippen LogP contribution in [0.1, 0.15) is 19.8 Å². The fourth-order valence-electron chi connectivity index (χ4n) is 2.70. The van der Waals surface area contributed by atoms with Crippen LogP contribution in [-0.2, 0) is 0 Å². The van der Waals surface area contributed by atoms with E-state index in [0.717, 1.165) is 17.2 Å². The summed E-state index contributed by atoms with van der Waals surface area (Å²) in [4.78, 5) is 2.72. The number of nitrogens with zero attached hydrogens (tertiary/aromatic N) is 1. The first kappa shape index (κ1) is 10.8. The van der Waals surface area contributed by atoms with E-state index < -0.39 is 0 Å². The second kappa shape index (κ2) is 4.86. The summed E-state index contributed by atoms with van der Waals surface area (Å²) >= 11 is 2.15. The average molecular weight is 214 g/mol. The van der Waals surface area contributed by atoms with Gasteiger partial charge in [-0.2, -0.15) is 11.8 Å². The summed E-state index contributed by atoms with van der Waals surface area (Å²) < 4.78 is 0. The summed E-state index contributed by atoms with van der Waals surface area (Å²) in [5, 5.41) is 4.19. The molecular weight excluding hydrogens is 192 g/mol. The highest BCUT2D eigenvalue weighted by atomic mass is 32.2. The zero-order valence-electron chi connectivity index (χ0n) is 9.33. The third-order valence-corrected chi connectivity index (χ3v) is 4.84. The molecule has 0 spiro atoms. The highest BCUT2D eigenvalue weighted by molar-refractivity contribution is 8.00. The van der Waals surface area contributed by atoms with E-state index in [2.05, 4.69) is 35.9 Å². The second-order valence-corrected chi connectivity index (χ2v) is 6.21. The van der Waals surface area contributed by atoms with E-state index in [4.69, 9.17) is 0 Å². The Labute approximate surface area is 91.8 Å². The Morgan fingerprint density at radius 2 is 2.36 bits per heavy atom. The molecule has 0 aromatic rings. The van der Waals surface area contributed by atoms with Gasteiger partial charge in [0.1, 0.15) is 0 Å². The van der Waals surface area contributed by atoms with Gasteiger partial charge in [0.05, 0.1) is 0 Å². The minimum Gasteiger partial charge on any atom is -0.319 e. The van der Waals surface area contributed by atoms with E-state index in [1.54, 1.807) is 0 Å². The van der Waals surface area contributed by atoms with Crippen molar-refractivity contribution in [2.24, 2.45) is 5.92 Å². The van der Waals surface area contributed by atoms with Crippen LogP contribution in [0, 0.1) is 5.92 Å². The van der Waals surface area contributed by atoms with Crippen molar-refractivity contribution in [3.05, 3.63) is 0 Å². The molecule has 2 nitrogen and oxygen atoms in total. The molecule has 3 unspecified atom stereocenters. The van der Waals surface area contributed by atoms with Crippen LogP contribution in [-0.4, -0.2) is 48.6 Å². The van der Waals surface area contributed by atoms with E-state index in [1.165, 1.54) is 38.2 Å². The quantitative estimate of drug-likeness (QED) is 0.765. The summed E-state index contributed by atoms with van der Waals surface area (Å²) in [6.07, 6.45) is 2.81. The molecule has 3 heteroatoms. The highest BCUT2D eigenvalue weighted by Crippen LogP contribution is 2.32. The molecule has 14 heavy (non-hydrogen) atoms. The molecule has 1 N–H and O–H groups in total. The number of likely N-dealkylation sites (tertiary alicyclic amines) is 1. The van der Waals surface area contributed by atoms with Gasteiger partial charge in [-0.25, -0.2) is 0 Å². The molecule has 3 atom stereocenters. The molecule has 2 fully saturated rings. The predicted octanol–water partition coefficient (Wildman–Crippen LogP) is 1.42. The third-order valence-electron chi connectivity index (χ3n) is 3.50. The maximum Gasteiger partial charge on any atom is 0.0197 e. The van der Waals surface area contributed by atoms with Crippen molar-refractivity contribution in [2.45, 2.75) is 31.1 Å². The summed E-state index contributed by atoms with van der Waals surface area (Å²) in [6.45, 7) is 6.24. The van der Waals surface area contributed by atoms with Crippen LogP contribution in [0.4, 0.5) is 0 Å². The maximum absolute atomic E-state index is 3.30. The van der Waals surface area contributed by atoms with E-state index in [-0.39, 0.29) is 0 Å². The zero-order chi connectivity index (χ0) is 9.97. The molecule has 0 aromatic carbocycles. The number of hydrogen-bond acceptors (Lipinski definition) is 3. The lowest BCUT2D eigenvalue weighted by Crippen LogP contribution is -2.34. The first-order chi connectivity index (χ1) is 6.79. The standard InChI is InChI=1S/C11H22N2S/c1-9-5-11(8-14-9)13-4-3-10(7-13)6-12-2/h9-12H,3-8H2,1-2H3. The molecule has 2 saturated heterocycles. The van der Waals surface area contributed by atoms with Gasteiger partial charge >= 0.3 is 0 Å². The van der Waals surface area contributed by atoms with Crippen molar-refractivity contribution in [2.75, 3.05) is 32.4 Å². The van der Waals surface area contributed by atoms with Crippen molar-refractivity contribution >= 4 is 11.8 Å². The molecule has 2 aliphatic heterocycles. The molecule has 2 heterocycles. The van der Waals surface area contributed by atoms with Gasteiger partial charge in [0, 0.05) is 23.6 Å². The van der Waals surface area contributed by atoms with Crippen LogP contribution in [0.25, 0.3) is 0 Å². The third kappa shape index (κ3) is 2.44. The Morgan fingerprint density at radius 1 is 1.50 bits per heavy atom. The highest BCUT2D eigenvalue weighted by Gasteiger charge is 2.32. The van der Waals surface area contributed by atoms with Gasteiger partial charge in [-0.15, -0.1) is 0 Å². The normalized spacial score (nSPS) is 39.4. The Balaban J connectivity index is 1.78. The van der Waals surface area contributed by atoms with Gasteiger partial charge in [0.15, 0.2) is 0 Å². The molecule has 0 amide bonds. The van der Waals surface area contributed by atoms with E-state index >= 15 is 0 Å². The van der Waals surface area contributed by atoms with E-state index in [0.29, 0.717) is 0 Å². The lowest BCUT2D eigenvalue weighted by molar-refractivity contribution is 0.248. The smallest absolute Gasteiger partial charge is 0.0197 e. The van der Waals surface area contributed by atoms with E-state index in [1.807, 2.05) is 0 Å². The molecule has 0 saturated carbocycles. The van der Waals surface area contributed by atoms with Gasteiger partial charge in [0.25, 0.3) is 0 Å². The van der Waals surface area contributed by atoms with Gasteiger partial charge in [-0.3, -0.25) is 4.90 Å². The molecular formula is C11H22N2S. The monoisotopic (exact) mass is 214 g/mol. The fourth-order valence-corrected chi connectivity index (χ4v) is 3.95. The molecule has 0 bridgehead atoms. The van der Waals surface area contributed by atoms with Crippen molar-refractivity contribution in [1.82, 2.24) is 10.2 Å². The zero-order valence-corrected chi connectivity index (χ0v) is 10.1. The minimum atomic E-state index is 0.886. The van der Waals surface area contributed by atoms with Crippen molar-refractivity contribution in [3.63, 3.8) is 0 Å². The fraction of sp³-hybridized carbons (Fsp3) is 1.00. The topological polar surface area (TPSA) is 15.3 Å². The maximum atomic E-state index is 3.30. The lowest BCUT2D eigenvalue weighted by atomic mass is 10.1. The van der Waals surface area contributed by atoms with Gasteiger partial charge in [-0.1, -0.05) is 6.92 Å². The van der Waals surface area contributed by atoms with Crippen LogP contribution < -0.4 is 5.32 Å². The van der Waals surface area contributed by atoms with Crippen LogP contribution >= 0.6 is 11.8 Å². The molecule has 2 aliphatic rings. The van der Waals surface area contributed by atoms with Gasteiger partial charge < -0.3 is 5.32 Å². The number of nitrogens with one attached hydrogen (secondary N) is 1. The Kier molecular flexibility index (Phi) is 3.74. The second-order valence-electron chi connectivity index (χ2n) is 4.74. The van der Waals surface area contributed by atoms with Crippen LogP contribution in [0.5, 0.6) is 0 Å². The predicted molar refractivity (Wildman–Crippen MR) is 63.9 cm³/mol. The molecule has 0 aliphatic carbocycles. The SMILES string of the molecule is CNCC1CCN(C2CSC(C)C2)C1. The summed E-state index contributed by atoms with van der Waals surface area (Å²) in [5.74, 6) is 2.27. The minimum absolute atomic E-state index is 0.886. The number of hydrogen-bond donors (Lipinski definition) is 1. The first-order valence-electron chi connectivity index (χ1n) is 5.80. The Bertz CT molecular complexity index is 186. The lowest BCUT2D eigenvalue weighted by Gasteiger charge is -2.23. The van der Waals surface area contributed by atoms with Crippen molar-refractivity contribution < 1.29 is 0 Å². The molecule has 2 rings (SSSR count). The summed E-state index contributed by atoms with van der Waals surface area (Å²) in [7, 11) is 2.07. The molecule has 82 valence electrons. The van der Waals surface area contributed by atoms with Gasteiger partial charge in [0.2, 0.25) is 0 Å². The number of rotatable bonds is 3. The first-order valence-corrected chi connectivity index (χ1v) is 6.84. The van der Waals surface area contributed by atoms with Crippen molar-refractivity contribution in [1.29, 1.82) is 0 Å². The van der Waals surface area contributed by atoms with Gasteiger partial charge in [-0.05, 0) is 38.9 Å². The van der Waals surface area contributed by atoms with Crippen LogP contribution in [0.15, 0.2) is 0 Å². The van der Waals surface area contributed by atoms with Crippen LogP contribution in [0.2, 0.25) is 0 Å². The van der Waals surface area contributed by atoms with E-state index in [9.17, 15) is 0 Å². The average Bonchev–Trinajstić information content (AvgIpc) is 2.74. The summed E-state index contributed by atoms with van der Waals surface area (Å²) in [5.41, 5.74) is 0. The Morgan fingerprint density at radius 3 is 3.00 bits per heavy atom. The number of thioether (sulfide) groups is 1. The largest absolute Gasteiger partial charge is 0.319 e. The molecule has 0 radical (unpaired) electrons.